The van der Waals surface area contributed by atoms with E-state index in [0.717, 1.165) is 0 Å². The molecule has 0 saturated carbocycles. The number of nitrogens with one attached hydrogen (secondary N) is 1. The molecule has 0 aromatic carbocycles. The van der Waals surface area contributed by atoms with Gasteiger partial charge in [0.25, 0.3) is 0 Å². The van der Waals surface area contributed by atoms with Gasteiger partial charge in [-0.15, -0.1) is 0 Å². The maximum atomic E-state index is 9.60. The average Bonchev–Trinajstić information content (AvgIpc) is 1.61. The molecule has 0 aliphatic heterocycles. The van der Waals surface area contributed by atoms with Gasteiger partial charge in [-0.25, -0.2) is 0 Å². The second kappa shape index (κ2) is 3.04. The molecule has 0 unspecified atom stereocenters. The molecule has 2 N–H and O–H groups in total. The van der Waals surface area contributed by atoms with Crippen LogP contribution >= 0.6 is 0 Å². The van der Waals surface area contributed by atoms with Crippen LogP contribution in [0.5, 0.6) is 0 Å². The van der Waals surface area contributed by atoms with E-state index in [0.29, 0.717) is 0 Å². The normalized spacial score (nSPS) is 6.71. The maximum Gasteiger partial charge on any atom is 0.323 e. The summed E-state index contributed by atoms with van der Waals surface area (Å²) in [5.74, 6) is -0.946. The van der Waals surface area contributed by atoms with E-state index in [1.54, 1.807) is 0 Å². The lowest BCUT2D eigenvalue weighted by molar-refractivity contribution is -0.135. The van der Waals surface area contributed by atoms with Gasteiger partial charge in [0.1, 0.15) is 6.54 Å². The van der Waals surface area contributed by atoms with Crippen LogP contribution in [0.15, 0.2) is 0 Å². The van der Waals surface area contributed by atoms with Crippen LogP contribution in [0.25, 0.3) is 0 Å². The van der Waals surface area contributed by atoms with Crippen molar-refractivity contribution in [1.82, 2.24) is 5.32 Å². The predicted octanol–water partition coefficient (Wildman–Crippen LogP) is -0.749. The predicted molar refractivity (Wildman–Crippen MR) is 24.5 cm³/mol. The number of carbonyl (C=O) groups is 1. The highest BCUT2D eigenvalue weighted by Crippen LogP contribution is 1.53. The van der Waals surface area contributed by atoms with Crippen LogP contribution in [0.2, 0.25) is 0 Å². The summed E-state index contributed by atoms with van der Waals surface area (Å²) >= 11 is 0. The minimum absolute atomic E-state index is 0.170. The molecule has 0 fully saturated rings. The molecule has 3 heteroatoms. The van der Waals surface area contributed by atoms with Crippen molar-refractivity contribution in [2.75, 3.05) is 6.54 Å². The van der Waals surface area contributed by atoms with Gasteiger partial charge in [-0.1, -0.05) is 6.42 Å². The van der Waals surface area contributed by atoms with E-state index in [1.807, 2.05) is 6.04 Å². The van der Waals surface area contributed by atoms with Gasteiger partial charge >= 0.3 is 5.97 Å². The highest BCUT2D eigenvalue weighted by Gasteiger charge is 1.87. The lowest BCUT2D eigenvalue weighted by Gasteiger charge is -1.85. The van der Waals surface area contributed by atoms with Crippen molar-refractivity contribution in [1.29, 1.82) is 0 Å². The number of carboxylic acids is 1. The Labute approximate surface area is 41.3 Å². The van der Waals surface area contributed by atoms with E-state index in [2.05, 4.69) is 11.7 Å². The Hall–Kier alpha value is -1.17. The Bertz CT molecular complexity index is 103. The number of aliphatic carboxylic acids is 1. The van der Waals surface area contributed by atoms with Crippen molar-refractivity contribution < 1.29 is 9.90 Å². The highest BCUT2D eigenvalue weighted by molar-refractivity contribution is 5.69. The van der Waals surface area contributed by atoms with E-state index in [9.17, 15) is 4.79 Å². The summed E-state index contributed by atoms with van der Waals surface area (Å²) < 4.78 is 0. The molecule has 0 aliphatic rings. The van der Waals surface area contributed by atoms with Crippen LogP contribution in [0, 0.1) is 12.5 Å². The van der Waals surface area contributed by atoms with E-state index in [-0.39, 0.29) is 6.54 Å². The van der Waals surface area contributed by atoms with Gasteiger partial charge in [-0.2, -0.15) is 0 Å². The van der Waals surface area contributed by atoms with Crippen LogP contribution in [-0.2, 0) is 4.79 Å². The lowest BCUT2D eigenvalue weighted by atomic mass is 10.7. The summed E-state index contributed by atoms with van der Waals surface area (Å²) in [5.41, 5.74) is 0. The van der Waals surface area contributed by atoms with Crippen molar-refractivity contribution in [2.45, 2.75) is 0 Å². The summed E-state index contributed by atoms with van der Waals surface area (Å²) in [7, 11) is 0. The fourth-order valence-corrected chi connectivity index (χ4v) is 0.127. The molecule has 3 nitrogen and oxygen atoms in total. The van der Waals surface area contributed by atoms with Crippen molar-refractivity contribution in [2.24, 2.45) is 0 Å². The topological polar surface area (TPSA) is 49.3 Å². The minimum Gasteiger partial charge on any atom is -0.480 e. The van der Waals surface area contributed by atoms with Crippen LogP contribution in [0.4, 0.5) is 0 Å². The summed E-state index contributed by atoms with van der Waals surface area (Å²) in [6, 6.07) is 1.97. The molecular weight excluding hydrogens is 94.0 g/mol. The Balaban J connectivity index is 3.02. The van der Waals surface area contributed by atoms with Gasteiger partial charge < -0.3 is 10.4 Å². The largest absolute Gasteiger partial charge is 0.480 e. The third-order valence-corrected chi connectivity index (χ3v) is 0.342. The molecule has 7 heavy (non-hydrogen) atoms. The Morgan fingerprint density at radius 2 is 2.57 bits per heavy atom. The first-order valence-electron chi connectivity index (χ1n) is 1.67. The highest BCUT2D eigenvalue weighted by atomic mass is 16.4. The van der Waals surface area contributed by atoms with Crippen LogP contribution < -0.4 is 5.32 Å². The molecule has 0 rings (SSSR count). The number of hydrogen-bond acceptors (Lipinski definition) is 2. The smallest absolute Gasteiger partial charge is 0.323 e. The Kier molecular flexibility index (Phi) is 2.53. The first-order valence-corrected chi connectivity index (χ1v) is 1.67. The molecule has 0 aromatic heterocycles. The number of carboxylic acid groups (broad SMARTS) is 1. The molecule has 0 atom stereocenters. The first-order chi connectivity index (χ1) is 3.27. The molecule has 0 aromatic rings. The molecule has 0 bridgehead atoms. The zero-order chi connectivity index (χ0) is 5.70. The van der Waals surface area contributed by atoms with E-state index in [4.69, 9.17) is 5.11 Å². The number of rotatable bonds is 2. The van der Waals surface area contributed by atoms with Gasteiger partial charge in [0.05, 0.1) is 0 Å². The third kappa shape index (κ3) is 4.83. The van der Waals surface area contributed by atoms with E-state index < -0.39 is 5.97 Å². The SMILES string of the molecule is C#CNCC(=O)O. The second-order valence-electron chi connectivity index (χ2n) is 0.892. The van der Waals surface area contributed by atoms with Crippen molar-refractivity contribution >= 4 is 5.97 Å². The van der Waals surface area contributed by atoms with Gasteiger partial charge in [-0.3, -0.25) is 4.79 Å². The number of hydrogen-bond donors (Lipinski definition) is 2. The standard InChI is InChI=1S/C4H5NO2/c1-2-5-3-4(6)7/h1,5H,3H2,(H,6,7). The first kappa shape index (κ1) is 5.83. The lowest BCUT2D eigenvalue weighted by Crippen LogP contribution is -2.16. The average molecular weight is 99.1 g/mol. The minimum atomic E-state index is -0.946. The zero-order valence-corrected chi connectivity index (χ0v) is 3.64. The Morgan fingerprint density at radius 3 is 2.71 bits per heavy atom. The summed E-state index contributed by atoms with van der Waals surface area (Å²) in [4.78, 5) is 9.60. The molecule has 0 saturated heterocycles. The van der Waals surface area contributed by atoms with Gasteiger partial charge in [0, 0.05) is 6.04 Å². The van der Waals surface area contributed by atoms with Gasteiger partial charge in [0.15, 0.2) is 0 Å². The fraction of sp³-hybridized carbons (Fsp3) is 0.250. The van der Waals surface area contributed by atoms with E-state index >= 15 is 0 Å². The summed E-state index contributed by atoms with van der Waals surface area (Å²) in [6.45, 7) is -0.170. The molecule has 0 amide bonds. The van der Waals surface area contributed by atoms with Crippen molar-refractivity contribution in [3.8, 4) is 12.5 Å². The molecule has 0 aliphatic carbocycles. The maximum absolute atomic E-state index is 9.60. The molecule has 0 heterocycles. The third-order valence-electron chi connectivity index (χ3n) is 0.342. The van der Waals surface area contributed by atoms with Crippen LogP contribution in [-0.4, -0.2) is 17.6 Å². The summed E-state index contributed by atoms with van der Waals surface area (Å²) in [6.07, 6.45) is 4.65. The van der Waals surface area contributed by atoms with Crippen LogP contribution in [0.3, 0.4) is 0 Å². The monoisotopic (exact) mass is 99.0 g/mol. The fourth-order valence-electron chi connectivity index (χ4n) is 0.127. The van der Waals surface area contributed by atoms with Crippen molar-refractivity contribution in [3.05, 3.63) is 0 Å². The van der Waals surface area contributed by atoms with Crippen LogP contribution in [0.1, 0.15) is 0 Å². The van der Waals surface area contributed by atoms with E-state index in [1.165, 1.54) is 0 Å². The quantitative estimate of drug-likeness (QED) is 0.354. The number of terminal acetylenes is 1. The molecule has 0 radical (unpaired) electrons. The second-order valence-corrected chi connectivity index (χ2v) is 0.892. The van der Waals surface area contributed by atoms with Gasteiger partial charge in [-0.05, 0) is 0 Å². The molecule has 0 spiro atoms. The summed E-state index contributed by atoms with van der Waals surface area (Å²) in [5, 5.41) is 10.1. The molecule has 38 valence electrons. The van der Waals surface area contributed by atoms with Gasteiger partial charge in [0.2, 0.25) is 0 Å². The van der Waals surface area contributed by atoms with Crippen molar-refractivity contribution in [3.63, 3.8) is 0 Å². The zero-order valence-electron chi connectivity index (χ0n) is 3.64. The Morgan fingerprint density at radius 1 is 2.00 bits per heavy atom. The molecular formula is C4H5NO2.